The predicted octanol–water partition coefficient (Wildman–Crippen LogP) is 4.05. The molecule has 0 aliphatic carbocycles. The molecule has 0 aliphatic heterocycles. The third-order valence-corrected chi connectivity index (χ3v) is 3.51. The highest BCUT2D eigenvalue weighted by molar-refractivity contribution is 6.29. The van der Waals surface area contributed by atoms with E-state index in [1.807, 2.05) is 36.4 Å². The van der Waals surface area contributed by atoms with Gasteiger partial charge in [-0.3, -0.25) is 0 Å². The van der Waals surface area contributed by atoms with Gasteiger partial charge in [-0.2, -0.15) is 4.98 Å². The van der Waals surface area contributed by atoms with Crippen molar-refractivity contribution in [2.75, 3.05) is 11.1 Å². The van der Waals surface area contributed by atoms with Crippen LogP contribution in [0.1, 0.15) is 17.2 Å². The van der Waals surface area contributed by atoms with Crippen molar-refractivity contribution < 1.29 is 4.39 Å². The van der Waals surface area contributed by atoms with Crippen LogP contribution in [-0.4, -0.2) is 9.97 Å². The summed E-state index contributed by atoms with van der Waals surface area (Å²) in [6.07, 6.45) is 0. The first-order valence-electron chi connectivity index (χ1n) is 6.99. The van der Waals surface area contributed by atoms with Crippen LogP contribution in [0.4, 0.5) is 16.2 Å². The highest BCUT2D eigenvalue weighted by atomic mass is 35.5. The van der Waals surface area contributed by atoms with Crippen LogP contribution in [0.15, 0.2) is 60.7 Å². The molecule has 1 atom stereocenters. The molecule has 3 rings (SSSR count). The minimum absolute atomic E-state index is 0.0750. The molecule has 0 bridgehead atoms. The van der Waals surface area contributed by atoms with Crippen molar-refractivity contribution in [3.63, 3.8) is 0 Å². The van der Waals surface area contributed by atoms with Crippen LogP contribution in [0.5, 0.6) is 0 Å². The normalized spacial score (nSPS) is 11.9. The molecule has 23 heavy (non-hydrogen) atoms. The third-order valence-electron chi connectivity index (χ3n) is 3.32. The number of hydrogen-bond acceptors (Lipinski definition) is 4. The topological polar surface area (TPSA) is 63.8 Å². The lowest BCUT2D eigenvalue weighted by atomic mass is 9.98. The zero-order valence-corrected chi connectivity index (χ0v) is 12.8. The van der Waals surface area contributed by atoms with Crippen molar-refractivity contribution in [3.8, 4) is 0 Å². The van der Waals surface area contributed by atoms with Crippen LogP contribution in [0.2, 0.25) is 5.15 Å². The van der Waals surface area contributed by atoms with E-state index in [0.717, 1.165) is 11.1 Å². The van der Waals surface area contributed by atoms with Gasteiger partial charge in [0.1, 0.15) is 16.8 Å². The van der Waals surface area contributed by atoms with Crippen LogP contribution >= 0.6 is 11.6 Å². The summed E-state index contributed by atoms with van der Waals surface area (Å²) >= 11 is 5.92. The number of nitrogens with zero attached hydrogens (tertiary/aromatic N) is 2. The van der Waals surface area contributed by atoms with E-state index in [0.29, 0.717) is 5.82 Å². The Morgan fingerprint density at radius 1 is 0.957 bits per heavy atom. The fraction of sp³-hybridized carbons (Fsp3) is 0.0588. The summed E-state index contributed by atoms with van der Waals surface area (Å²) in [6.45, 7) is 0. The molecular formula is C17H14ClFN4. The van der Waals surface area contributed by atoms with Crippen LogP contribution < -0.4 is 11.1 Å². The standard InChI is InChI=1S/C17H14ClFN4/c18-14-10-15(23-17(20)21-14)22-16(11-5-2-1-3-6-11)12-7-4-8-13(19)9-12/h1-10,16H,(H3,20,21,22,23). The van der Waals surface area contributed by atoms with Gasteiger partial charge in [0, 0.05) is 6.07 Å². The molecule has 1 unspecified atom stereocenters. The Morgan fingerprint density at radius 2 is 1.70 bits per heavy atom. The molecule has 0 fully saturated rings. The molecule has 0 spiro atoms. The molecule has 0 amide bonds. The number of hydrogen-bond donors (Lipinski definition) is 2. The first kappa shape index (κ1) is 15.2. The largest absolute Gasteiger partial charge is 0.368 e. The van der Waals surface area contributed by atoms with Crippen molar-refractivity contribution in [2.24, 2.45) is 0 Å². The summed E-state index contributed by atoms with van der Waals surface area (Å²) in [7, 11) is 0. The smallest absolute Gasteiger partial charge is 0.223 e. The van der Waals surface area contributed by atoms with Crippen LogP contribution in [-0.2, 0) is 0 Å². The van der Waals surface area contributed by atoms with Gasteiger partial charge in [0.2, 0.25) is 5.95 Å². The molecule has 0 radical (unpaired) electrons. The zero-order valence-electron chi connectivity index (χ0n) is 12.1. The van der Waals surface area contributed by atoms with Crippen LogP contribution in [0.3, 0.4) is 0 Å². The second-order valence-electron chi connectivity index (χ2n) is 4.98. The van der Waals surface area contributed by atoms with E-state index in [1.54, 1.807) is 12.1 Å². The van der Waals surface area contributed by atoms with Gasteiger partial charge in [0.25, 0.3) is 0 Å². The first-order chi connectivity index (χ1) is 11.1. The summed E-state index contributed by atoms with van der Waals surface area (Å²) < 4.78 is 13.6. The van der Waals surface area contributed by atoms with E-state index in [-0.39, 0.29) is 23.0 Å². The van der Waals surface area contributed by atoms with Crippen molar-refractivity contribution >= 4 is 23.4 Å². The first-order valence-corrected chi connectivity index (χ1v) is 7.36. The molecule has 116 valence electrons. The Kier molecular flexibility index (Phi) is 4.39. The van der Waals surface area contributed by atoms with Gasteiger partial charge in [-0.05, 0) is 23.3 Å². The predicted molar refractivity (Wildman–Crippen MR) is 89.8 cm³/mol. The maximum atomic E-state index is 13.6. The number of benzene rings is 2. The fourth-order valence-corrected chi connectivity index (χ4v) is 2.54. The second-order valence-corrected chi connectivity index (χ2v) is 5.36. The van der Waals surface area contributed by atoms with Gasteiger partial charge in [0.15, 0.2) is 0 Å². The number of anilines is 2. The van der Waals surface area contributed by atoms with E-state index < -0.39 is 0 Å². The van der Waals surface area contributed by atoms with Crippen LogP contribution in [0.25, 0.3) is 0 Å². The highest BCUT2D eigenvalue weighted by Crippen LogP contribution is 2.27. The molecule has 3 N–H and O–H groups in total. The Bertz CT molecular complexity index is 790. The molecule has 4 nitrogen and oxygen atoms in total. The Hall–Kier alpha value is -2.66. The maximum absolute atomic E-state index is 13.6. The molecule has 0 saturated heterocycles. The average Bonchev–Trinajstić information content (AvgIpc) is 2.52. The molecule has 1 aromatic heterocycles. The number of aromatic nitrogens is 2. The lowest BCUT2D eigenvalue weighted by Crippen LogP contribution is -2.14. The number of nitrogens with two attached hydrogens (primary N) is 1. The lowest BCUT2D eigenvalue weighted by Gasteiger charge is -2.20. The minimum atomic E-state index is -0.300. The van der Waals surface area contributed by atoms with Crippen molar-refractivity contribution in [3.05, 3.63) is 82.8 Å². The Labute approximate surface area is 138 Å². The maximum Gasteiger partial charge on any atom is 0.223 e. The second kappa shape index (κ2) is 6.62. The zero-order chi connectivity index (χ0) is 16.2. The SMILES string of the molecule is Nc1nc(Cl)cc(NC(c2ccccc2)c2cccc(F)c2)n1. The van der Waals surface area contributed by atoms with E-state index in [9.17, 15) is 4.39 Å². The molecular weight excluding hydrogens is 315 g/mol. The summed E-state index contributed by atoms with van der Waals surface area (Å²) in [6, 6.07) is 17.4. The Morgan fingerprint density at radius 3 is 2.39 bits per heavy atom. The lowest BCUT2D eigenvalue weighted by molar-refractivity contribution is 0.624. The van der Waals surface area contributed by atoms with Crippen LogP contribution in [0, 0.1) is 5.82 Å². The average molecular weight is 329 g/mol. The van der Waals surface area contributed by atoms with Gasteiger partial charge < -0.3 is 11.1 Å². The Balaban J connectivity index is 2.02. The summed E-state index contributed by atoms with van der Waals surface area (Å²) in [5.41, 5.74) is 7.36. The molecule has 0 aliphatic rings. The van der Waals surface area contributed by atoms with Crippen molar-refractivity contribution in [1.29, 1.82) is 0 Å². The van der Waals surface area contributed by atoms with Crippen molar-refractivity contribution in [2.45, 2.75) is 6.04 Å². The number of halogens is 2. The molecule has 3 aromatic rings. The molecule has 0 saturated carbocycles. The van der Waals surface area contributed by atoms with Crippen molar-refractivity contribution in [1.82, 2.24) is 9.97 Å². The quantitative estimate of drug-likeness (QED) is 0.709. The van der Waals surface area contributed by atoms with Gasteiger partial charge >= 0.3 is 0 Å². The summed E-state index contributed by atoms with van der Waals surface area (Å²) in [4.78, 5) is 7.96. The number of rotatable bonds is 4. The van der Waals surface area contributed by atoms with E-state index >= 15 is 0 Å². The summed E-state index contributed by atoms with van der Waals surface area (Å²) in [5.74, 6) is 0.247. The van der Waals surface area contributed by atoms with E-state index in [1.165, 1.54) is 12.1 Å². The fourth-order valence-electron chi connectivity index (χ4n) is 2.35. The van der Waals surface area contributed by atoms with Gasteiger partial charge in [0.05, 0.1) is 6.04 Å². The molecule has 6 heteroatoms. The molecule has 1 heterocycles. The number of nitrogen functional groups attached to an aromatic ring is 1. The van der Waals surface area contributed by atoms with Gasteiger partial charge in [-0.1, -0.05) is 54.1 Å². The summed E-state index contributed by atoms with van der Waals surface area (Å²) in [5, 5.41) is 3.48. The third kappa shape index (κ3) is 3.76. The number of nitrogens with one attached hydrogen (secondary N) is 1. The highest BCUT2D eigenvalue weighted by Gasteiger charge is 2.16. The monoisotopic (exact) mass is 328 g/mol. The van der Waals surface area contributed by atoms with Gasteiger partial charge in [-0.15, -0.1) is 0 Å². The van der Waals surface area contributed by atoms with E-state index in [4.69, 9.17) is 17.3 Å². The van der Waals surface area contributed by atoms with E-state index in [2.05, 4.69) is 15.3 Å². The molecule has 2 aromatic carbocycles. The minimum Gasteiger partial charge on any atom is -0.368 e. The van der Waals surface area contributed by atoms with Gasteiger partial charge in [-0.25, -0.2) is 9.37 Å².